The molecule has 1 aromatic rings. The third-order valence-electron chi connectivity index (χ3n) is 3.80. The lowest BCUT2D eigenvalue weighted by atomic mass is 9.82. The van der Waals surface area contributed by atoms with Crippen molar-refractivity contribution in [2.75, 3.05) is 11.9 Å². The summed E-state index contributed by atoms with van der Waals surface area (Å²) in [5, 5.41) is 15.3. The second-order valence-electron chi connectivity index (χ2n) is 5.44. The van der Waals surface area contributed by atoms with E-state index in [0.717, 1.165) is 36.9 Å². The van der Waals surface area contributed by atoms with Gasteiger partial charge in [-0.1, -0.05) is 37.0 Å². The van der Waals surface area contributed by atoms with Gasteiger partial charge in [-0.3, -0.25) is 0 Å². The number of aliphatic hydroxyl groups excluding tert-OH is 1. The van der Waals surface area contributed by atoms with Crippen LogP contribution in [0.5, 0.6) is 0 Å². The van der Waals surface area contributed by atoms with Gasteiger partial charge in [-0.25, -0.2) is 4.79 Å². The van der Waals surface area contributed by atoms with E-state index in [2.05, 4.69) is 10.6 Å². The lowest BCUT2D eigenvalue weighted by molar-refractivity contribution is 0.128. The third kappa shape index (κ3) is 3.70. The smallest absolute Gasteiger partial charge is 0.319 e. The Morgan fingerprint density at radius 2 is 1.84 bits per heavy atom. The van der Waals surface area contributed by atoms with Gasteiger partial charge in [-0.15, -0.1) is 0 Å². The second kappa shape index (κ2) is 6.06. The van der Waals surface area contributed by atoms with Crippen LogP contribution in [0.3, 0.4) is 0 Å². The van der Waals surface area contributed by atoms with Crippen LogP contribution in [0.4, 0.5) is 10.5 Å². The molecule has 4 nitrogen and oxygen atoms in total. The highest BCUT2D eigenvalue weighted by atomic mass is 16.3. The van der Waals surface area contributed by atoms with Gasteiger partial charge < -0.3 is 15.7 Å². The van der Waals surface area contributed by atoms with Crippen LogP contribution in [0.1, 0.15) is 37.7 Å². The first-order chi connectivity index (χ1) is 9.13. The Hall–Kier alpha value is -1.55. The Bertz CT molecular complexity index is 422. The fourth-order valence-electron chi connectivity index (χ4n) is 2.59. The van der Waals surface area contributed by atoms with Gasteiger partial charge in [-0.05, 0) is 31.9 Å². The molecule has 3 N–H and O–H groups in total. The molecule has 2 amide bonds. The summed E-state index contributed by atoms with van der Waals surface area (Å²) in [6.45, 7) is 2.01. The van der Waals surface area contributed by atoms with Crippen molar-refractivity contribution in [2.45, 2.75) is 44.6 Å². The molecule has 0 atom stereocenters. The predicted octanol–water partition coefficient (Wildman–Crippen LogP) is 2.81. The number of benzene rings is 1. The van der Waals surface area contributed by atoms with Gasteiger partial charge in [0.1, 0.15) is 0 Å². The summed E-state index contributed by atoms with van der Waals surface area (Å²) in [5.74, 6) is 0. The van der Waals surface area contributed by atoms with Crippen LogP contribution in [0.15, 0.2) is 24.3 Å². The molecule has 104 valence electrons. The van der Waals surface area contributed by atoms with Gasteiger partial charge in [0.25, 0.3) is 0 Å². The van der Waals surface area contributed by atoms with Crippen LogP contribution < -0.4 is 10.6 Å². The van der Waals surface area contributed by atoms with Crippen molar-refractivity contribution in [2.24, 2.45) is 0 Å². The van der Waals surface area contributed by atoms with Gasteiger partial charge in [0.2, 0.25) is 0 Å². The van der Waals surface area contributed by atoms with Gasteiger partial charge in [0, 0.05) is 5.69 Å². The summed E-state index contributed by atoms with van der Waals surface area (Å²) in [4.78, 5) is 12.0. The molecule has 0 saturated heterocycles. The average molecular weight is 262 g/mol. The van der Waals surface area contributed by atoms with E-state index >= 15 is 0 Å². The van der Waals surface area contributed by atoms with E-state index in [4.69, 9.17) is 0 Å². The third-order valence-corrected chi connectivity index (χ3v) is 3.80. The summed E-state index contributed by atoms with van der Waals surface area (Å²) in [6.07, 6.45) is 5.01. The minimum Gasteiger partial charge on any atom is -0.394 e. The molecule has 0 spiro atoms. The van der Waals surface area contributed by atoms with Gasteiger partial charge in [-0.2, -0.15) is 0 Å². The first kappa shape index (κ1) is 13.9. The van der Waals surface area contributed by atoms with E-state index in [9.17, 15) is 9.90 Å². The zero-order chi connectivity index (χ0) is 13.7. The van der Waals surface area contributed by atoms with E-state index in [1.165, 1.54) is 6.42 Å². The van der Waals surface area contributed by atoms with E-state index in [0.29, 0.717) is 0 Å². The van der Waals surface area contributed by atoms with Crippen molar-refractivity contribution in [1.29, 1.82) is 0 Å². The molecule has 0 bridgehead atoms. The fraction of sp³-hybridized carbons (Fsp3) is 0.533. The summed E-state index contributed by atoms with van der Waals surface area (Å²) in [5.41, 5.74) is 1.49. The van der Waals surface area contributed by atoms with Crippen LogP contribution in [0.2, 0.25) is 0 Å². The Morgan fingerprint density at radius 1 is 1.21 bits per heavy atom. The Balaban J connectivity index is 1.94. The number of carbonyl (C=O) groups is 1. The number of hydrogen-bond acceptors (Lipinski definition) is 2. The highest BCUT2D eigenvalue weighted by Crippen LogP contribution is 2.27. The summed E-state index contributed by atoms with van der Waals surface area (Å²) < 4.78 is 0. The number of nitrogens with one attached hydrogen (secondary N) is 2. The first-order valence-electron chi connectivity index (χ1n) is 6.90. The van der Waals surface area contributed by atoms with E-state index in [1.54, 1.807) is 0 Å². The maximum Gasteiger partial charge on any atom is 0.319 e. The van der Waals surface area contributed by atoms with Gasteiger partial charge in [0.05, 0.1) is 12.1 Å². The monoisotopic (exact) mass is 262 g/mol. The zero-order valence-corrected chi connectivity index (χ0v) is 11.4. The molecule has 4 heteroatoms. The maximum atomic E-state index is 12.0. The highest BCUT2D eigenvalue weighted by Gasteiger charge is 2.32. The maximum absolute atomic E-state index is 12.0. The topological polar surface area (TPSA) is 61.4 Å². The summed E-state index contributed by atoms with van der Waals surface area (Å²) >= 11 is 0. The SMILES string of the molecule is Cc1ccc(NC(=O)NC2(CO)CCCCC2)cc1. The Labute approximate surface area is 114 Å². The van der Waals surface area contributed by atoms with Crippen LogP contribution >= 0.6 is 0 Å². The number of hydrogen-bond donors (Lipinski definition) is 3. The average Bonchev–Trinajstić information content (AvgIpc) is 2.42. The summed E-state index contributed by atoms with van der Waals surface area (Å²) in [7, 11) is 0. The number of carbonyl (C=O) groups excluding carboxylic acids is 1. The van der Waals surface area contributed by atoms with E-state index < -0.39 is 5.54 Å². The molecule has 0 aliphatic heterocycles. The van der Waals surface area contributed by atoms with Crippen LogP contribution in [0, 0.1) is 6.92 Å². The minimum absolute atomic E-state index is 0.00825. The molecule has 19 heavy (non-hydrogen) atoms. The molecule has 2 rings (SSSR count). The van der Waals surface area contributed by atoms with Crippen LogP contribution in [-0.2, 0) is 0 Å². The summed E-state index contributed by atoms with van der Waals surface area (Å²) in [6, 6.07) is 7.43. The second-order valence-corrected chi connectivity index (χ2v) is 5.44. The highest BCUT2D eigenvalue weighted by molar-refractivity contribution is 5.89. The number of amides is 2. The van der Waals surface area contributed by atoms with E-state index in [1.807, 2.05) is 31.2 Å². The number of urea groups is 1. The number of aliphatic hydroxyl groups is 1. The molecular formula is C15H22N2O2. The van der Waals surface area contributed by atoms with Crippen molar-refractivity contribution >= 4 is 11.7 Å². The molecule has 1 aromatic carbocycles. The van der Waals surface area contributed by atoms with Gasteiger partial charge in [0.15, 0.2) is 0 Å². The molecule has 1 fully saturated rings. The molecular weight excluding hydrogens is 240 g/mol. The van der Waals surface area contributed by atoms with Crippen molar-refractivity contribution in [3.8, 4) is 0 Å². The molecule has 0 unspecified atom stereocenters. The fourth-order valence-corrected chi connectivity index (χ4v) is 2.59. The minimum atomic E-state index is -0.437. The van der Waals surface area contributed by atoms with E-state index in [-0.39, 0.29) is 12.6 Å². The zero-order valence-electron chi connectivity index (χ0n) is 11.4. The standard InChI is InChI=1S/C15H22N2O2/c1-12-5-7-13(8-6-12)16-14(19)17-15(11-18)9-3-2-4-10-15/h5-8,18H,2-4,9-11H2,1H3,(H2,16,17,19). The van der Waals surface area contributed by atoms with Crippen molar-refractivity contribution < 1.29 is 9.90 Å². The predicted molar refractivity (Wildman–Crippen MR) is 76.2 cm³/mol. The molecule has 0 aromatic heterocycles. The molecule has 1 saturated carbocycles. The lowest BCUT2D eigenvalue weighted by Gasteiger charge is -2.36. The number of rotatable bonds is 3. The van der Waals surface area contributed by atoms with Crippen molar-refractivity contribution in [3.05, 3.63) is 29.8 Å². The molecule has 0 radical (unpaired) electrons. The molecule has 1 aliphatic rings. The van der Waals surface area contributed by atoms with Crippen molar-refractivity contribution in [3.63, 3.8) is 0 Å². The lowest BCUT2D eigenvalue weighted by Crippen LogP contribution is -2.53. The Morgan fingerprint density at radius 3 is 2.42 bits per heavy atom. The number of anilines is 1. The Kier molecular flexibility index (Phi) is 4.43. The van der Waals surface area contributed by atoms with Gasteiger partial charge >= 0.3 is 6.03 Å². The van der Waals surface area contributed by atoms with Crippen LogP contribution in [-0.4, -0.2) is 23.3 Å². The first-order valence-corrected chi connectivity index (χ1v) is 6.90. The van der Waals surface area contributed by atoms with Crippen molar-refractivity contribution in [1.82, 2.24) is 5.32 Å². The largest absolute Gasteiger partial charge is 0.394 e. The quantitative estimate of drug-likeness (QED) is 0.784. The molecule has 1 aliphatic carbocycles. The molecule has 0 heterocycles. The number of aryl methyl sites for hydroxylation is 1. The van der Waals surface area contributed by atoms with Crippen LogP contribution in [0.25, 0.3) is 0 Å². The normalized spacial score (nSPS) is 17.8.